The Morgan fingerprint density at radius 2 is 2.12 bits per heavy atom. The Hall–Kier alpha value is -1.50. The van der Waals surface area contributed by atoms with Crippen molar-refractivity contribution < 1.29 is 19.4 Å². The van der Waals surface area contributed by atoms with Crippen molar-refractivity contribution in [2.75, 3.05) is 20.3 Å². The second-order valence-corrected chi connectivity index (χ2v) is 6.77. The number of nitrogens with zero attached hydrogens (tertiary/aromatic N) is 1. The van der Waals surface area contributed by atoms with E-state index in [2.05, 4.69) is 5.32 Å². The molecule has 1 aromatic rings. The molecule has 0 aromatic heterocycles. The molecule has 0 unspecified atom stereocenters. The highest BCUT2D eigenvalue weighted by Crippen LogP contribution is 2.43. The number of fused-ring (bicyclic) bond motifs is 1. The van der Waals surface area contributed by atoms with E-state index in [1.807, 2.05) is 0 Å². The molecule has 2 N–H and O–H groups in total. The van der Waals surface area contributed by atoms with E-state index >= 15 is 0 Å². The Balaban J connectivity index is 1.90. The fourth-order valence-electron chi connectivity index (χ4n) is 3.50. The minimum atomic E-state index is -0.852. The molecule has 2 heterocycles. The van der Waals surface area contributed by atoms with Crippen molar-refractivity contribution >= 4 is 35.0 Å². The number of piperidine rings is 1. The summed E-state index contributed by atoms with van der Waals surface area (Å²) >= 11 is 12.5. The summed E-state index contributed by atoms with van der Waals surface area (Å²) in [5.74, 6) is 0.0791. The Labute approximate surface area is 149 Å². The highest BCUT2D eigenvalue weighted by atomic mass is 35.5. The molecule has 0 radical (unpaired) electrons. The third-order valence-electron chi connectivity index (χ3n) is 4.71. The second kappa shape index (κ2) is 6.78. The molecule has 8 heteroatoms. The van der Waals surface area contributed by atoms with Crippen LogP contribution in [-0.2, 0) is 9.59 Å². The van der Waals surface area contributed by atoms with Gasteiger partial charge in [-0.3, -0.25) is 9.59 Å². The van der Waals surface area contributed by atoms with Gasteiger partial charge in [-0.1, -0.05) is 23.2 Å². The third-order valence-corrected chi connectivity index (χ3v) is 5.53. The van der Waals surface area contributed by atoms with Gasteiger partial charge in [0.2, 0.25) is 11.8 Å². The minimum Gasteiger partial charge on any atom is -0.496 e. The Bertz CT molecular complexity index is 682. The van der Waals surface area contributed by atoms with Gasteiger partial charge in [-0.05, 0) is 30.9 Å². The number of methoxy groups -OCH3 is 1. The maximum atomic E-state index is 12.3. The van der Waals surface area contributed by atoms with Crippen LogP contribution < -0.4 is 10.1 Å². The van der Waals surface area contributed by atoms with Gasteiger partial charge in [0, 0.05) is 12.1 Å². The lowest BCUT2D eigenvalue weighted by atomic mass is 9.83. The molecule has 2 amide bonds. The molecule has 3 rings (SSSR count). The van der Waals surface area contributed by atoms with Gasteiger partial charge in [0.05, 0.1) is 23.8 Å². The number of amides is 2. The summed E-state index contributed by atoms with van der Waals surface area (Å²) in [7, 11) is 1.56. The number of hydrogen-bond acceptors (Lipinski definition) is 4. The molecule has 0 bridgehead atoms. The van der Waals surface area contributed by atoms with Gasteiger partial charge in [-0.25, -0.2) is 0 Å². The number of carbonyl (C=O) groups is 2. The van der Waals surface area contributed by atoms with Crippen LogP contribution in [0, 0.1) is 0 Å². The van der Waals surface area contributed by atoms with Crippen molar-refractivity contribution in [3.8, 4) is 5.75 Å². The van der Waals surface area contributed by atoms with E-state index in [1.54, 1.807) is 24.1 Å². The Kier molecular flexibility index (Phi) is 4.90. The lowest BCUT2D eigenvalue weighted by Gasteiger charge is -2.44. The van der Waals surface area contributed by atoms with Crippen LogP contribution in [-0.4, -0.2) is 54.2 Å². The molecular formula is C16H18Cl2N2O4. The number of nitrogens with one attached hydrogen (secondary N) is 1. The first-order chi connectivity index (χ1) is 11.5. The normalized spacial score (nSPS) is 26.8. The van der Waals surface area contributed by atoms with E-state index in [9.17, 15) is 14.7 Å². The Morgan fingerprint density at radius 3 is 2.79 bits per heavy atom. The second-order valence-electron chi connectivity index (χ2n) is 5.99. The van der Waals surface area contributed by atoms with Crippen molar-refractivity contribution in [1.82, 2.24) is 10.2 Å². The van der Waals surface area contributed by atoms with Crippen LogP contribution in [0.15, 0.2) is 12.1 Å². The first-order valence-corrected chi connectivity index (χ1v) is 8.47. The number of aliphatic hydroxyl groups is 1. The first-order valence-electron chi connectivity index (χ1n) is 7.71. The van der Waals surface area contributed by atoms with Gasteiger partial charge < -0.3 is 20.1 Å². The van der Waals surface area contributed by atoms with Crippen molar-refractivity contribution in [1.29, 1.82) is 0 Å². The highest BCUT2D eigenvalue weighted by molar-refractivity contribution is 6.42. The van der Waals surface area contributed by atoms with Crippen molar-refractivity contribution in [3.05, 3.63) is 27.7 Å². The first kappa shape index (κ1) is 17.3. The molecular weight excluding hydrogens is 355 g/mol. The summed E-state index contributed by atoms with van der Waals surface area (Å²) in [6, 6.07) is 2.00. The van der Waals surface area contributed by atoms with Gasteiger partial charge >= 0.3 is 0 Å². The lowest BCUT2D eigenvalue weighted by molar-refractivity contribution is -0.152. The molecule has 2 aliphatic rings. The number of rotatable bonds is 3. The number of carbonyl (C=O) groups excluding carboxylic acids is 2. The molecule has 0 saturated carbocycles. The van der Waals surface area contributed by atoms with E-state index in [0.717, 1.165) is 5.56 Å². The molecule has 130 valence electrons. The van der Waals surface area contributed by atoms with Gasteiger partial charge in [0.1, 0.15) is 17.8 Å². The summed E-state index contributed by atoms with van der Waals surface area (Å²) in [4.78, 5) is 26.2. The largest absolute Gasteiger partial charge is 0.496 e. The maximum absolute atomic E-state index is 12.3. The molecule has 2 fully saturated rings. The van der Waals surface area contributed by atoms with Crippen LogP contribution in [0.2, 0.25) is 10.0 Å². The number of hydrogen-bond donors (Lipinski definition) is 2. The monoisotopic (exact) mass is 372 g/mol. The molecule has 3 atom stereocenters. The standard InChI is InChI=1S/C16H18Cl2N2O4/c1-24-12-3-2-9(17)14(18)13(12)8-4-5-20-11(6-8)15(22)19-10(7-21)16(20)23/h2-3,8,10-11,21H,4-7H2,1H3,(H,19,22)/t8-,10-,11+/m1/s1. The van der Waals surface area contributed by atoms with Gasteiger partial charge in [-0.15, -0.1) is 0 Å². The van der Waals surface area contributed by atoms with Crippen LogP contribution in [0.1, 0.15) is 24.3 Å². The molecule has 1 aromatic carbocycles. The van der Waals surface area contributed by atoms with Crippen molar-refractivity contribution in [2.24, 2.45) is 0 Å². The predicted molar refractivity (Wildman–Crippen MR) is 89.5 cm³/mol. The van der Waals surface area contributed by atoms with E-state index in [-0.39, 0.29) is 17.7 Å². The zero-order valence-corrected chi connectivity index (χ0v) is 14.6. The number of halogens is 2. The van der Waals surface area contributed by atoms with Gasteiger partial charge in [0.15, 0.2) is 0 Å². The van der Waals surface area contributed by atoms with Crippen LogP contribution in [0.25, 0.3) is 0 Å². The number of benzene rings is 1. The predicted octanol–water partition coefficient (Wildman–Crippen LogP) is 1.57. The summed E-state index contributed by atoms with van der Waals surface area (Å²) in [6.45, 7) is 0.0231. The SMILES string of the molecule is COc1ccc(Cl)c(Cl)c1[C@@H]1CCN2C(=O)[C@@H](CO)NC(=O)[C@@H]2C1. The smallest absolute Gasteiger partial charge is 0.248 e. The zero-order valence-electron chi connectivity index (χ0n) is 13.1. The summed E-state index contributed by atoms with van der Waals surface area (Å²) in [6.07, 6.45) is 1.08. The van der Waals surface area contributed by atoms with Crippen molar-refractivity contribution in [3.63, 3.8) is 0 Å². The average molecular weight is 373 g/mol. The molecule has 2 saturated heterocycles. The topological polar surface area (TPSA) is 78.9 Å². The number of aliphatic hydroxyl groups excluding tert-OH is 1. The van der Waals surface area contributed by atoms with Crippen LogP contribution in [0.3, 0.4) is 0 Å². The Morgan fingerprint density at radius 1 is 1.38 bits per heavy atom. The molecule has 0 spiro atoms. The summed E-state index contributed by atoms with van der Waals surface area (Å²) < 4.78 is 5.40. The van der Waals surface area contributed by atoms with E-state index < -0.39 is 18.7 Å². The van der Waals surface area contributed by atoms with Crippen LogP contribution in [0.4, 0.5) is 0 Å². The van der Waals surface area contributed by atoms with E-state index in [1.165, 1.54) is 0 Å². The highest BCUT2D eigenvalue weighted by Gasteiger charge is 2.44. The lowest BCUT2D eigenvalue weighted by Crippen LogP contribution is -2.66. The zero-order chi connectivity index (χ0) is 17.4. The van der Waals surface area contributed by atoms with E-state index in [4.69, 9.17) is 27.9 Å². The van der Waals surface area contributed by atoms with Crippen molar-refractivity contribution in [2.45, 2.75) is 30.8 Å². The van der Waals surface area contributed by atoms with Gasteiger partial charge in [-0.2, -0.15) is 0 Å². The molecule has 2 aliphatic heterocycles. The molecule has 6 nitrogen and oxygen atoms in total. The van der Waals surface area contributed by atoms with E-state index in [0.29, 0.717) is 35.2 Å². The minimum absolute atomic E-state index is 0.0448. The maximum Gasteiger partial charge on any atom is 0.248 e. The fraction of sp³-hybridized carbons (Fsp3) is 0.500. The molecule has 24 heavy (non-hydrogen) atoms. The third kappa shape index (κ3) is 2.83. The number of piperazine rings is 1. The number of ether oxygens (including phenoxy) is 1. The van der Waals surface area contributed by atoms with Crippen LogP contribution in [0.5, 0.6) is 5.75 Å². The van der Waals surface area contributed by atoms with Crippen LogP contribution >= 0.6 is 23.2 Å². The average Bonchev–Trinajstić information content (AvgIpc) is 2.59. The van der Waals surface area contributed by atoms with Gasteiger partial charge in [0.25, 0.3) is 0 Å². The quantitative estimate of drug-likeness (QED) is 0.843. The summed E-state index contributed by atoms with van der Waals surface area (Å²) in [5.41, 5.74) is 0.774. The molecule has 0 aliphatic carbocycles. The summed E-state index contributed by atoms with van der Waals surface area (Å²) in [5, 5.41) is 12.6. The fourth-order valence-corrected chi connectivity index (χ4v) is 3.98.